The number of hydrogen-bond acceptors (Lipinski definition) is 2. The third-order valence-electron chi connectivity index (χ3n) is 1.54. The van der Waals surface area contributed by atoms with Crippen molar-refractivity contribution in [3.8, 4) is 0 Å². The lowest BCUT2D eigenvalue weighted by Crippen LogP contribution is -2.11. The molecule has 0 spiro atoms. The first-order valence-corrected chi connectivity index (χ1v) is 4.62. The van der Waals surface area contributed by atoms with Crippen LogP contribution in [0.25, 0.3) is 0 Å². The van der Waals surface area contributed by atoms with Gasteiger partial charge in [-0.25, -0.2) is 8.78 Å². The summed E-state index contributed by atoms with van der Waals surface area (Å²) in [6.07, 6.45) is 0.238. The van der Waals surface area contributed by atoms with Crippen molar-refractivity contribution in [2.24, 2.45) is 0 Å². The molecule has 1 amide bonds. The smallest absolute Gasteiger partial charge is 0.225 e. The molecule has 0 saturated heterocycles. The first-order chi connectivity index (χ1) is 6.63. The summed E-state index contributed by atoms with van der Waals surface area (Å²) >= 11 is 3.87. The van der Waals surface area contributed by atoms with Crippen LogP contribution < -0.4 is 5.32 Å². The fraction of sp³-hybridized carbons (Fsp3) is 0.222. The Morgan fingerprint density at radius 2 is 2.07 bits per heavy atom. The van der Waals surface area contributed by atoms with Crippen molar-refractivity contribution >= 4 is 24.2 Å². The Hall–Kier alpha value is -1.10. The van der Waals surface area contributed by atoms with E-state index in [4.69, 9.17) is 0 Å². The van der Waals surface area contributed by atoms with E-state index in [9.17, 15) is 13.6 Å². The number of hydrogen-bond donors (Lipinski definition) is 2. The maximum Gasteiger partial charge on any atom is 0.225 e. The van der Waals surface area contributed by atoms with E-state index in [1.807, 2.05) is 0 Å². The maximum atomic E-state index is 12.7. The number of anilines is 1. The van der Waals surface area contributed by atoms with E-state index in [-0.39, 0.29) is 18.0 Å². The van der Waals surface area contributed by atoms with Gasteiger partial charge >= 0.3 is 0 Å². The SMILES string of the molecule is O=C(CCS)Nc1ccc(F)c(F)c1. The van der Waals surface area contributed by atoms with Crippen LogP contribution in [0.3, 0.4) is 0 Å². The molecule has 1 aromatic carbocycles. The minimum absolute atomic E-state index is 0.238. The molecule has 0 atom stereocenters. The first-order valence-electron chi connectivity index (χ1n) is 3.99. The predicted molar refractivity (Wildman–Crippen MR) is 53.5 cm³/mol. The molecular weight excluding hydrogens is 208 g/mol. The topological polar surface area (TPSA) is 29.1 Å². The van der Waals surface area contributed by atoms with Gasteiger partial charge in [0.15, 0.2) is 11.6 Å². The minimum atomic E-state index is -0.978. The Bertz CT molecular complexity index is 344. The molecule has 2 nitrogen and oxygen atoms in total. The molecule has 0 bridgehead atoms. The zero-order valence-corrected chi connectivity index (χ0v) is 8.15. The fourth-order valence-electron chi connectivity index (χ4n) is 0.899. The van der Waals surface area contributed by atoms with Gasteiger partial charge in [-0.3, -0.25) is 4.79 Å². The zero-order chi connectivity index (χ0) is 10.6. The molecule has 0 unspecified atom stereocenters. The Kier molecular flexibility index (Phi) is 3.88. The fourth-order valence-corrected chi connectivity index (χ4v) is 1.10. The second-order valence-electron chi connectivity index (χ2n) is 2.65. The van der Waals surface area contributed by atoms with Crippen molar-refractivity contribution in [2.75, 3.05) is 11.1 Å². The van der Waals surface area contributed by atoms with E-state index < -0.39 is 11.6 Å². The molecule has 0 aliphatic rings. The Balaban J connectivity index is 2.68. The number of thiol groups is 1. The summed E-state index contributed by atoms with van der Waals surface area (Å²) in [5.41, 5.74) is 0.246. The van der Waals surface area contributed by atoms with Crippen LogP contribution in [0.1, 0.15) is 6.42 Å². The third-order valence-corrected chi connectivity index (χ3v) is 1.77. The number of carbonyl (C=O) groups excluding carboxylic acids is 1. The second-order valence-corrected chi connectivity index (χ2v) is 3.10. The summed E-state index contributed by atoms with van der Waals surface area (Å²) in [5, 5.41) is 2.42. The highest BCUT2D eigenvalue weighted by molar-refractivity contribution is 7.80. The van der Waals surface area contributed by atoms with Crippen molar-refractivity contribution in [1.29, 1.82) is 0 Å². The van der Waals surface area contributed by atoms with Crippen LogP contribution >= 0.6 is 12.6 Å². The Morgan fingerprint density at radius 3 is 2.64 bits per heavy atom. The van der Waals surface area contributed by atoms with Crippen molar-refractivity contribution in [2.45, 2.75) is 6.42 Å². The van der Waals surface area contributed by atoms with Crippen LogP contribution in [0.15, 0.2) is 18.2 Å². The third kappa shape index (κ3) is 2.99. The van der Waals surface area contributed by atoms with E-state index in [0.717, 1.165) is 12.1 Å². The standard InChI is InChI=1S/C9H9F2NOS/c10-7-2-1-6(5-8(7)11)12-9(13)3-4-14/h1-2,5,14H,3-4H2,(H,12,13). The van der Waals surface area contributed by atoms with Gasteiger partial charge < -0.3 is 5.32 Å². The van der Waals surface area contributed by atoms with E-state index in [1.54, 1.807) is 0 Å². The zero-order valence-electron chi connectivity index (χ0n) is 7.26. The molecule has 0 radical (unpaired) electrons. The lowest BCUT2D eigenvalue weighted by atomic mass is 10.3. The number of carbonyl (C=O) groups is 1. The van der Waals surface area contributed by atoms with Crippen LogP contribution in [-0.2, 0) is 4.79 Å². The van der Waals surface area contributed by atoms with E-state index in [0.29, 0.717) is 5.75 Å². The molecule has 5 heteroatoms. The lowest BCUT2D eigenvalue weighted by molar-refractivity contribution is -0.115. The highest BCUT2D eigenvalue weighted by Crippen LogP contribution is 2.13. The van der Waals surface area contributed by atoms with Gasteiger partial charge in [0.25, 0.3) is 0 Å². The maximum absolute atomic E-state index is 12.7. The van der Waals surface area contributed by atoms with Crippen LogP contribution in [0.4, 0.5) is 14.5 Å². The molecule has 0 saturated carbocycles. The first kappa shape index (κ1) is 11.0. The summed E-state index contributed by atoms with van der Waals surface area (Å²) < 4.78 is 25.2. The molecule has 0 aliphatic heterocycles. The van der Waals surface area contributed by atoms with E-state index >= 15 is 0 Å². The average Bonchev–Trinajstić information content (AvgIpc) is 2.12. The molecule has 0 aliphatic carbocycles. The number of rotatable bonds is 3. The van der Waals surface area contributed by atoms with Gasteiger partial charge in [0.05, 0.1) is 0 Å². The molecule has 1 rings (SSSR count). The number of benzene rings is 1. The van der Waals surface area contributed by atoms with Crippen molar-refractivity contribution in [3.63, 3.8) is 0 Å². The molecule has 0 fully saturated rings. The van der Waals surface area contributed by atoms with Crippen LogP contribution in [0.5, 0.6) is 0 Å². The minimum Gasteiger partial charge on any atom is -0.326 e. The van der Waals surface area contributed by atoms with Gasteiger partial charge in [-0.05, 0) is 17.9 Å². The predicted octanol–water partition coefficient (Wildman–Crippen LogP) is 2.22. The van der Waals surface area contributed by atoms with Gasteiger partial charge in [-0.15, -0.1) is 0 Å². The van der Waals surface area contributed by atoms with Crippen molar-refractivity contribution < 1.29 is 13.6 Å². The second kappa shape index (κ2) is 4.95. The van der Waals surface area contributed by atoms with Crippen LogP contribution in [0, 0.1) is 11.6 Å². The lowest BCUT2D eigenvalue weighted by Gasteiger charge is -2.03. The molecule has 0 heterocycles. The summed E-state index contributed by atoms with van der Waals surface area (Å²) in [4.78, 5) is 11.0. The van der Waals surface area contributed by atoms with Gasteiger partial charge in [0.2, 0.25) is 5.91 Å². The van der Waals surface area contributed by atoms with Crippen LogP contribution in [-0.4, -0.2) is 11.7 Å². The van der Waals surface area contributed by atoms with Gasteiger partial charge in [-0.1, -0.05) is 0 Å². The van der Waals surface area contributed by atoms with Crippen LogP contribution in [0.2, 0.25) is 0 Å². The number of halogens is 2. The van der Waals surface area contributed by atoms with Gasteiger partial charge in [0.1, 0.15) is 0 Å². The largest absolute Gasteiger partial charge is 0.326 e. The average molecular weight is 217 g/mol. The summed E-state index contributed by atoms with van der Waals surface area (Å²) in [6, 6.07) is 3.20. The molecule has 1 N–H and O–H groups in total. The molecule has 76 valence electrons. The van der Waals surface area contributed by atoms with Gasteiger partial charge in [0, 0.05) is 18.2 Å². The summed E-state index contributed by atoms with van der Waals surface area (Å²) in [7, 11) is 0. The Labute approximate surface area is 85.7 Å². The number of nitrogens with one attached hydrogen (secondary N) is 1. The molecular formula is C9H9F2NOS. The van der Waals surface area contributed by atoms with E-state index in [2.05, 4.69) is 17.9 Å². The van der Waals surface area contributed by atoms with Crippen molar-refractivity contribution in [1.82, 2.24) is 0 Å². The molecule has 1 aromatic rings. The van der Waals surface area contributed by atoms with E-state index in [1.165, 1.54) is 6.07 Å². The number of amides is 1. The molecule has 0 aromatic heterocycles. The summed E-state index contributed by atoms with van der Waals surface area (Å²) in [6.45, 7) is 0. The quantitative estimate of drug-likeness (QED) is 0.747. The monoisotopic (exact) mass is 217 g/mol. The molecule has 14 heavy (non-hydrogen) atoms. The Morgan fingerprint density at radius 1 is 1.36 bits per heavy atom. The highest BCUT2D eigenvalue weighted by atomic mass is 32.1. The summed E-state index contributed by atoms with van der Waals surface area (Å²) in [5.74, 6) is -1.77. The highest BCUT2D eigenvalue weighted by Gasteiger charge is 2.04. The van der Waals surface area contributed by atoms with Crippen molar-refractivity contribution in [3.05, 3.63) is 29.8 Å². The normalized spacial score (nSPS) is 9.93. The van der Waals surface area contributed by atoms with Gasteiger partial charge in [-0.2, -0.15) is 12.6 Å².